The van der Waals surface area contributed by atoms with Crippen LogP contribution < -0.4 is 4.74 Å². The molecule has 0 N–H and O–H groups in total. The zero-order chi connectivity index (χ0) is 15.6. The van der Waals surface area contributed by atoms with Crippen LogP contribution in [0.4, 0.5) is 5.69 Å². The van der Waals surface area contributed by atoms with Gasteiger partial charge in [-0.05, 0) is 24.6 Å². The highest BCUT2D eigenvalue weighted by molar-refractivity contribution is 5.92. The summed E-state index contributed by atoms with van der Waals surface area (Å²) in [4.78, 5) is 10.5. The van der Waals surface area contributed by atoms with Crippen LogP contribution in [0.2, 0.25) is 0 Å². The molecule has 0 aromatic heterocycles. The Balaban J connectivity index is 2.03. The molecule has 22 heavy (non-hydrogen) atoms. The van der Waals surface area contributed by atoms with E-state index in [4.69, 9.17) is 14.5 Å². The lowest BCUT2D eigenvalue weighted by Gasteiger charge is -2.21. The first-order chi connectivity index (χ1) is 10.6. The Kier molecular flexibility index (Phi) is 3.83. The van der Waals surface area contributed by atoms with Gasteiger partial charge < -0.3 is 9.94 Å². The molecule has 0 amide bonds. The highest BCUT2D eigenvalue weighted by Crippen LogP contribution is 2.33. The van der Waals surface area contributed by atoms with Crippen molar-refractivity contribution in [3.8, 4) is 5.75 Å². The zero-order valence-corrected chi connectivity index (χ0v) is 12.5. The summed E-state index contributed by atoms with van der Waals surface area (Å²) in [7, 11) is 1.59. The fraction of sp³-hybridized carbons (Fsp3) is 0.235. The van der Waals surface area contributed by atoms with E-state index < -0.39 is 5.60 Å². The molecule has 1 atom stereocenters. The van der Waals surface area contributed by atoms with E-state index in [1.165, 1.54) is 0 Å². The molecule has 114 valence electrons. The predicted molar refractivity (Wildman–Crippen MR) is 82.1 cm³/mol. The van der Waals surface area contributed by atoms with Crippen molar-refractivity contribution in [1.82, 2.24) is 0 Å². The standard InChI is InChI=1S/C17H17NO4/c1-17(13-6-4-3-5-7-13)16(12-21-22-17)18(19)14-8-10-15(20-2)11-9-14/h3-11H,12H2,1-2H3/b18-16-. The highest BCUT2D eigenvalue weighted by Gasteiger charge is 2.47. The second-order valence-corrected chi connectivity index (χ2v) is 5.18. The average molecular weight is 299 g/mol. The third kappa shape index (κ3) is 2.45. The fourth-order valence-electron chi connectivity index (χ4n) is 2.49. The molecular weight excluding hydrogens is 282 g/mol. The number of methoxy groups -OCH3 is 1. The minimum atomic E-state index is -0.900. The summed E-state index contributed by atoms with van der Waals surface area (Å²) in [5, 5.41) is 12.7. The average Bonchev–Trinajstić information content (AvgIpc) is 2.98. The Hall–Kier alpha value is -2.37. The van der Waals surface area contributed by atoms with E-state index >= 15 is 0 Å². The summed E-state index contributed by atoms with van der Waals surface area (Å²) >= 11 is 0. The lowest BCUT2D eigenvalue weighted by molar-refractivity contribution is -0.368. The quantitative estimate of drug-likeness (QED) is 0.378. The van der Waals surface area contributed by atoms with Gasteiger partial charge in [-0.25, -0.2) is 9.78 Å². The van der Waals surface area contributed by atoms with Gasteiger partial charge in [-0.15, -0.1) is 0 Å². The topological polar surface area (TPSA) is 53.8 Å². The Morgan fingerprint density at radius 2 is 1.77 bits per heavy atom. The smallest absolute Gasteiger partial charge is 0.238 e. The SMILES string of the molecule is COc1ccc(/[N+]([O-])=C2\COOC2(C)c2ccccc2)cc1. The van der Waals surface area contributed by atoms with Gasteiger partial charge in [0.2, 0.25) is 17.0 Å². The van der Waals surface area contributed by atoms with Gasteiger partial charge in [-0.3, -0.25) is 0 Å². The normalized spacial score (nSPS) is 23.4. The number of hydrogen-bond acceptors (Lipinski definition) is 4. The van der Waals surface area contributed by atoms with Crippen molar-refractivity contribution in [2.45, 2.75) is 12.5 Å². The molecule has 0 spiro atoms. The van der Waals surface area contributed by atoms with Crippen LogP contribution in [-0.2, 0) is 15.4 Å². The van der Waals surface area contributed by atoms with Crippen molar-refractivity contribution in [1.29, 1.82) is 0 Å². The predicted octanol–water partition coefficient (Wildman–Crippen LogP) is 3.16. The lowest BCUT2D eigenvalue weighted by atomic mass is 9.91. The van der Waals surface area contributed by atoms with Crippen LogP contribution in [0.1, 0.15) is 12.5 Å². The molecular formula is C17H17NO4. The van der Waals surface area contributed by atoms with E-state index in [1.54, 1.807) is 31.4 Å². The zero-order valence-electron chi connectivity index (χ0n) is 12.5. The largest absolute Gasteiger partial charge is 0.618 e. The first kappa shape index (κ1) is 14.6. The Morgan fingerprint density at radius 3 is 2.41 bits per heavy atom. The Morgan fingerprint density at radius 1 is 1.09 bits per heavy atom. The summed E-state index contributed by atoms with van der Waals surface area (Å²) in [6.07, 6.45) is 0. The van der Waals surface area contributed by atoms with Gasteiger partial charge >= 0.3 is 0 Å². The summed E-state index contributed by atoms with van der Waals surface area (Å²) < 4.78 is 5.97. The maximum absolute atomic E-state index is 12.7. The molecule has 5 heteroatoms. The van der Waals surface area contributed by atoms with Crippen molar-refractivity contribution in [3.63, 3.8) is 0 Å². The highest BCUT2D eigenvalue weighted by atomic mass is 17.2. The van der Waals surface area contributed by atoms with Crippen molar-refractivity contribution >= 4 is 11.4 Å². The number of rotatable bonds is 3. The fourth-order valence-corrected chi connectivity index (χ4v) is 2.49. The van der Waals surface area contributed by atoms with Crippen LogP contribution in [0.5, 0.6) is 5.75 Å². The molecule has 1 fully saturated rings. The Bertz CT molecular complexity index is 682. The van der Waals surface area contributed by atoms with Gasteiger partial charge in [0.1, 0.15) is 5.75 Å². The van der Waals surface area contributed by atoms with Crippen LogP contribution in [-0.4, -0.2) is 24.2 Å². The van der Waals surface area contributed by atoms with Crippen LogP contribution in [0.3, 0.4) is 0 Å². The van der Waals surface area contributed by atoms with Crippen LogP contribution in [0.25, 0.3) is 0 Å². The minimum Gasteiger partial charge on any atom is -0.618 e. The molecule has 0 aliphatic carbocycles. The van der Waals surface area contributed by atoms with E-state index in [9.17, 15) is 5.21 Å². The number of benzene rings is 2. The van der Waals surface area contributed by atoms with Crippen molar-refractivity contribution in [2.24, 2.45) is 0 Å². The molecule has 5 nitrogen and oxygen atoms in total. The van der Waals surface area contributed by atoms with Gasteiger partial charge in [-0.1, -0.05) is 30.3 Å². The summed E-state index contributed by atoms with van der Waals surface area (Å²) in [6.45, 7) is 1.96. The Labute approximate surface area is 128 Å². The number of hydrogen-bond donors (Lipinski definition) is 0. The monoisotopic (exact) mass is 299 g/mol. The van der Waals surface area contributed by atoms with Gasteiger partial charge in [0, 0.05) is 12.1 Å². The molecule has 0 bridgehead atoms. The van der Waals surface area contributed by atoms with Gasteiger partial charge in [0.25, 0.3) is 0 Å². The number of ether oxygens (including phenoxy) is 1. The summed E-state index contributed by atoms with van der Waals surface area (Å²) in [5.41, 5.74) is 0.982. The molecule has 1 saturated heterocycles. The van der Waals surface area contributed by atoms with Gasteiger partial charge in [0.15, 0.2) is 6.61 Å². The molecule has 1 unspecified atom stereocenters. The molecule has 0 saturated carbocycles. The van der Waals surface area contributed by atoms with Crippen molar-refractivity contribution in [2.75, 3.05) is 13.7 Å². The third-order valence-electron chi connectivity index (χ3n) is 3.85. The third-order valence-corrected chi connectivity index (χ3v) is 3.85. The van der Waals surface area contributed by atoms with Gasteiger partial charge in [-0.2, -0.15) is 4.74 Å². The van der Waals surface area contributed by atoms with E-state index in [0.29, 0.717) is 17.1 Å². The molecule has 1 aliphatic heterocycles. The van der Waals surface area contributed by atoms with E-state index in [2.05, 4.69) is 0 Å². The maximum Gasteiger partial charge on any atom is 0.238 e. The van der Waals surface area contributed by atoms with Gasteiger partial charge in [0.05, 0.1) is 7.11 Å². The molecule has 2 aromatic carbocycles. The van der Waals surface area contributed by atoms with E-state index in [-0.39, 0.29) is 6.61 Å². The minimum absolute atomic E-state index is 0.126. The van der Waals surface area contributed by atoms with E-state index in [1.807, 2.05) is 37.3 Å². The molecule has 0 radical (unpaired) electrons. The second kappa shape index (κ2) is 5.79. The molecule has 3 rings (SSSR count). The molecule has 2 aromatic rings. The maximum atomic E-state index is 12.7. The van der Waals surface area contributed by atoms with Crippen molar-refractivity contribution in [3.05, 3.63) is 65.4 Å². The molecule has 1 aliphatic rings. The van der Waals surface area contributed by atoms with E-state index in [0.717, 1.165) is 10.3 Å². The summed E-state index contributed by atoms with van der Waals surface area (Å²) in [6, 6.07) is 16.5. The first-order valence-corrected chi connectivity index (χ1v) is 6.99. The van der Waals surface area contributed by atoms with Crippen LogP contribution in [0, 0.1) is 5.21 Å². The second-order valence-electron chi connectivity index (χ2n) is 5.18. The first-order valence-electron chi connectivity index (χ1n) is 6.99. The molecule has 1 heterocycles. The van der Waals surface area contributed by atoms with Crippen LogP contribution in [0.15, 0.2) is 54.6 Å². The van der Waals surface area contributed by atoms with Crippen molar-refractivity contribution < 1.29 is 19.3 Å². The number of nitrogens with zero attached hydrogens (tertiary/aromatic N) is 1. The van der Waals surface area contributed by atoms with Crippen LogP contribution >= 0.6 is 0 Å². The lowest BCUT2D eigenvalue weighted by Crippen LogP contribution is -2.34. The summed E-state index contributed by atoms with van der Waals surface area (Å²) in [5.74, 6) is 0.701.